The predicted octanol–water partition coefficient (Wildman–Crippen LogP) is 5.05. The molecular weight excluding hydrogens is 450 g/mol. The molecule has 4 aromatic rings. The summed E-state index contributed by atoms with van der Waals surface area (Å²) in [5.41, 5.74) is 3.29. The standard InChI is InChI=1S/C25H29N3O5Si/c1-4-31-25(29)13-19-16-32-23-14-20(6-7-21(19)23)33-24-8-5-18(15-26-24)22-9-10-27-28(22)17-30-11-12-34(2)3/h5-10,14-16,34H,4,11-13,17H2,1-3H3. The van der Waals surface area contributed by atoms with E-state index in [1.807, 2.05) is 35.0 Å². The molecule has 0 aliphatic heterocycles. The van der Waals surface area contributed by atoms with E-state index in [1.54, 1.807) is 31.6 Å². The van der Waals surface area contributed by atoms with Crippen LogP contribution in [0.4, 0.5) is 0 Å². The molecule has 0 saturated carbocycles. The molecule has 0 aliphatic carbocycles. The predicted molar refractivity (Wildman–Crippen MR) is 132 cm³/mol. The molecule has 8 nitrogen and oxygen atoms in total. The Balaban J connectivity index is 1.40. The van der Waals surface area contributed by atoms with E-state index in [0.717, 1.165) is 34.9 Å². The van der Waals surface area contributed by atoms with Crippen LogP contribution >= 0.6 is 0 Å². The van der Waals surface area contributed by atoms with Gasteiger partial charge in [-0.25, -0.2) is 9.67 Å². The van der Waals surface area contributed by atoms with E-state index in [1.165, 1.54) is 0 Å². The Morgan fingerprint density at radius 2 is 2.06 bits per heavy atom. The number of pyridine rings is 1. The van der Waals surface area contributed by atoms with Gasteiger partial charge in [-0.05, 0) is 37.2 Å². The highest BCUT2D eigenvalue weighted by molar-refractivity contribution is 6.55. The van der Waals surface area contributed by atoms with Crippen molar-refractivity contribution in [1.82, 2.24) is 14.8 Å². The first-order valence-electron chi connectivity index (χ1n) is 11.4. The zero-order chi connectivity index (χ0) is 23.9. The molecule has 0 aliphatic rings. The molecule has 0 unspecified atom stereocenters. The van der Waals surface area contributed by atoms with E-state index in [0.29, 0.717) is 30.6 Å². The van der Waals surface area contributed by atoms with Crippen LogP contribution in [-0.4, -0.2) is 42.7 Å². The molecule has 1 aromatic carbocycles. The van der Waals surface area contributed by atoms with Crippen LogP contribution in [0.1, 0.15) is 12.5 Å². The normalized spacial score (nSPS) is 11.3. The van der Waals surface area contributed by atoms with Crippen molar-refractivity contribution in [1.29, 1.82) is 0 Å². The first-order valence-corrected chi connectivity index (χ1v) is 14.6. The summed E-state index contributed by atoms with van der Waals surface area (Å²) in [6.07, 6.45) is 5.27. The Hall–Kier alpha value is -3.43. The van der Waals surface area contributed by atoms with Gasteiger partial charge in [0.15, 0.2) is 0 Å². The SMILES string of the molecule is CCOC(=O)Cc1coc2cc(Oc3ccc(-c4ccnn4COCC[SiH](C)C)cn3)ccc12. The molecule has 0 fully saturated rings. The molecule has 3 heterocycles. The molecule has 0 atom stereocenters. The number of benzene rings is 1. The van der Waals surface area contributed by atoms with Gasteiger partial charge >= 0.3 is 5.97 Å². The fourth-order valence-electron chi connectivity index (χ4n) is 3.50. The molecule has 0 radical (unpaired) electrons. The molecule has 0 N–H and O–H groups in total. The molecule has 0 bridgehead atoms. The second-order valence-electron chi connectivity index (χ2n) is 8.32. The van der Waals surface area contributed by atoms with Crippen LogP contribution in [0.15, 0.2) is 59.5 Å². The Morgan fingerprint density at radius 1 is 1.18 bits per heavy atom. The van der Waals surface area contributed by atoms with Gasteiger partial charge in [-0.1, -0.05) is 13.1 Å². The van der Waals surface area contributed by atoms with Crippen LogP contribution in [0.2, 0.25) is 19.1 Å². The van der Waals surface area contributed by atoms with Gasteiger partial charge in [0, 0.05) is 56.4 Å². The number of hydrogen-bond donors (Lipinski definition) is 0. The van der Waals surface area contributed by atoms with Gasteiger partial charge < -0.3 is 18.6 Å². The van der Waals surface area contributed by atoms with Crippen molar-refractivity contribution < 1.29 is 23.4 Å². The number of carbonyl (C=O) groups excluding carboxylic acids is 1. The van der Waals surface area contributed by atoms with Crippen LogP contribution < -0.4 is 4.74 Å². The van der Waals surface area contributed by atoms with Crippen molar-refractivity contribution in [2.45, 2.75) is 39.2 Å². The van der Waals surface area contributed by atoms with Gasteiger partial charge in [0.25, 0.3) is 0 Å². The summed E-state index contributed by atoms with van der Waals surface area (Å²) in [6.45, 7) is 7.95. The number of aromatic nitrogens is 3. The molecule has 178 valence electrons. The van der Waals surface area contributed by atoms with Crippen LogP contribution in [-0.2, 0) is 27.4 Å². The van der Waals surface area contributed by atoms with Crippen molar-refractivity contribution in [2.75, 3.05) is 13.2 Å². The second kappa shape index (κ2) is 11.1. The van der Waals surface area contributed by atoms with Crippen molar-refractivity contribution in [3.05, 3.63) is 60.6 Å². The van der Waals surface area contributed by atoms with E-state index in [2.05, 4.69) is 23.2 Å². The van der Waals surface area contributed by atoms with Gasteiger partial charge in [0.05, 0.1) is 25.0 Å². The molecule has 4 rings (SSSR count). The van der Waals surface area contributed by atoms with Gasteiger partial charge in [-0.3, -0.25) is 4.79 Å². The summed E-state index contributed by atoms with van der Waals surface area (Å²) >= 11 is 0. The lowest BCUT2D eigenvalue weighted by molar-refractivity contribution is -0.142. The lowest BCUT2D eigenvalue weighted by Gasteiger charge is -2.10. The third kappa shape index (κ3) is 5.92. The zero-order valence-electron chi connectivity index (χ0n) is 19.7. The highest BCUT2D eigenvalue weighted by Crippen LogP contribution is 2.29. The van der Waals surface area contributed by atoms with Crippen molar-refractivity contribution >= 4 is 25.7 Å². The number of hydrogen-bond acceptors (Lipinski definition) is 7. The minimum atomic E-state index is -0.613. The average Bonchev–Trinajstić information content (AvgIpc) is 3.44. The summed E-state index contributed by atoms with van der Waals surface area (Å²) in [5.74, 6) is 0.780. The lowest BCUT2D eigenvalue weighted by atomic mass is 10.1. The Morgan fingerprint density at radius 3 is 2.82 bits per heavy atom. The van der Waals surface area contributed by atoms with E-state index in [-0.39, 0.29) is 12.4 Å². The van der Waals surface area contributed by atoms with Gasteiger partial charge in [0.2, 0.25) is 5.88 Å². The van der Waals surface area contributed by atoms with Crippen molar-refractivity contribution in [3.8, 4) is 22.9 Å². The third-order valence-corrected chi connectivity index (χ3v) is 6.68. The van der Waals surface area contributed by atoms with Gasteiger partial charge in [0.1, 0.15) is 18.1 Å². The number of ether oxygens (including phenoxy) is 3. The maximum atomic E-state index is 11.8. The molecule has 0 amide bonds. The molecular formula is C25H29N3O5Si. The third-order valence-electron chi connectivity index (χ3n) is 5.29. The summed E-state index contributed by atoms with van der Waals surface area (Å²) in [7, 11) is -0.613. The summed E-state index contributed by atoms with van der Waals surface area (Å²) in [4.78, 5) is 16.2. The fraction of sp³-hybridized carbons (Fsp3) is 0.320. The second-order valence-corrected chi connectivity index (χ2v) is 11.7. The Bertz CT molecular complexity index is 1230. The summed E-state index contributed by atoms with van der Waals surface area (Å²) in [6, 6.07) is 12.3. The van der Waals surface area contributed by atoms with Crippen LogP contribution in [0.5, 0.6) is 11.6 Å². The number of carbonyl (C=O) groups is 1. The fourth-order valence-corrected chi connectivity index (χ4v) is 4.13. The zero-order valence-corrected chi connectivity index (χ0v) is 20.8. The van der Waals surface area contributed by atoms with Gasteiger partial charge in [-0.2, -0.15) is 5.10 Å². The monoisotopic (exact) mass is 479 g/mol. The van der Waals surface area contributed by atoms with Crippen LogP contribution in [0.3, 0.4) is 0 Å². The first kappa shape index (κ1) is 23.7. The van der Waals surface area contributed by atoms with E-state index < -0.39 is 8.80 Å². The Labute approximate surface area is 200 Å². The molecule has 9 heteroatoms. The average molecular weight is 480 g/mol. The minimum Gasteiger partial charge on any atom is -0.466 e. The minimum absolute atomic E-state index is 0.172. The molecule has 3 aromatic heterocycles. The molecule has 0 spiro atoms. The molecule has 34 heavy (non-hydrogen) atoms. The summed E-state index contributed by atoms with van der Waals surface area (Å²) < 4.78 is 24.2. The Kier molecular flexibility index (Phi) is 7.76. The number of furan rings is 1. The van der Waals surface area contributed by atoms with E-state index in [4.69, 9.17) is 18.6 Å². The topological polar surface area (TPSA) is 88.6 Å². The highest BCUT2D eigenvalue weighted by atomic mass is 28.3. The van der Waals surface area contributed by atoms with Crippen LogP contribution in [0.25, 0.3) is 22.2 Å². The first-order chi connectivity index (χ1) is 16.5. The highest BCUT2D eigenvalue weighted by Gasteiger charge is 2.13. The number of nitrogens with zero attached hydrogens (tertiary/aromatic N) is 3. The van der Waals surface area contributed by atoms with Crippen LogP contribution in [0, 0.1) is 0 Å². The largest absolute Gasteiger partial charge is 0.466 e. The van der Waals surface area contributed by atoms with E-state index in [9.17, 15) is 4.79 Å². The number of esters is 1. The smallest absolute Gasteiger partial charge is 0.310 e. The number of rotatable bonds is 11. The number of fused-ring (bicyclic) bond motifs is 1. The van der Waals surface area contributed by atoms with Gasteiger partial charge in [-0.15, -0.1) is 0 Å². The van der Waals surface area contributed by atoms with Crippen molar-refractivity contribution in [3.63, 3.8) is 0 Å². The quantitative estimate of drug-likeness (QED) is 0.169. The molecule has 0 saturated heterocycles. The summed E-state index contributed by atoms with van der Waals surface area (Å²) in [5, 5.41) is 5.22. The maximum absolute atomic E-state index is 11.8. The maximum Gasteiger partial charge on any atom is 0.310 e. The van der Waals surface area contributed by atoms with Crippen molar-refractivity contribution in [2.24, 2.45) is 0 Å². The van der Waals surface area contributed by atoms with E-state index >= 15 is 0 Å². The lowest BCUT2D eigenvalue weighted by Crippen LogP contribution is -2.10.